The third-order valence-electron chi connectivity index (χ3n) is 3.69. The Hall–Kier alpha value is -1.26. The third kappa shape index (κ3) is 3.25. The van der Waals surface area contributed by atoms with Crippen LogP contribution in [0.4, 0.5) is 5.69 Å². The van der Waals surface area contributed by atoms with E-state index in [0.29, 0.717) is 6.04 Å². The van der Waals surface area contributed by atoms with Crippen molar-refractivity contribution >= 4 is 21.6 Å². The highest BCUT2D eigenvalue weighted by Crippen LogP contribution is 2.30. The van der Waals surface area contributed by atoms with E-state index >= 15 is 0 Å². The molecule has 1 aromatic carbocycles. The molecule has 4 heteroatoms. The van der Waals surface area contributed by atoms with Crippen molar-refractivity contribution in [1.82, 2.24) is 5.32 Å². The quantitative estimate of drug-likeness (QED) is 0.883. The summed E-state index contributed by atoms with van der Waals surface area (Å²) in [6.07, 6.45) is 1.74. The van der Waals surface area contributed by atoms with E-state index in [1.807, 2.05) is 20.0 Å². The molecule has 3 nitrogen and oxygen atoms in total. The van der Waals surface area contributed by atoms with Gasteiger partial charge in [0, 0.05) is 29.7 Å². The van der Waals surface area contributed by atoms with Crippen LogP contribution in [-0.2, 0) is 6.54 Å². The zero-order chi connectivity index (χ0) is 14.7. The molecule has 0 aliphatic rings. The lowest BCUT2D eigenvalue weighted by atomic mass is 10.1. The molecule has 0 aliphatic carbocycles. The van der Waals surface area contributed by atoms with E-state index in [4.69, 9.17) is 4.42 Å². The van der Waals surface area contributed by atoms with Gasteiger partial charge in [0.1, 0.15) is 5.76 Å². The average Bonchev–Trinajstić information content (AvgIpc) is 2.83. The Morgan fingerprint density at radius 3 is 2.65 bits per heavy atom. The number of rotatable bonds is 5. The second-order valence-corrected chi connectivity index (χ2v) is 5.93. The van der Waals surface area contributed by atoms with Crippen LogP contribution in [-0.4, -0.2) is 14.1 Å². The molecular weight excluding hydrogens is 316 g/mol. The van der Waals surface area contributed by atoms with Crippen LogP contribution in [0.25, 0.3) is 0 Å². The monoisotopic (exact) mass is 336 g/mol. The van der Waals surface area contributed by atoms with Crippen LogP contribution in [0.15, 0.2) is 39.4 Å². The second kappa shape index (κ2) is 6.46. The summed E-state index contributed by atoms with van der Waals surface area (Å²) >= 11 is 3.67. The summed E-state index contributed by atoms with van der Waals surface area (Å²) in [5, 5.41) is 3.25. The molecule has 1 unspecified atom stereocenters. The van der Waals surface area contributed by atoms with Gasteiger partial charge in [-0.15, -0.1) is 0 Å². The van der Waals surface area contributed by atoms with Crippen molar-refractivity contribution in [3.63, 3.8) is 0 Å². The van der Waals surface area contributed by atoms with Gasteiger partial charge in [-0.3, -0.25) is 0 Å². The minimum Gasteiger partial charge on any atom is -0.469 e. The van der Waals surface area contributed by atoms with E-state index in [1.165, 1.54) is 16.8 Å². The maximum absolute atomic E-state index is 5.35. The fourth-order valence-corrected chi connectivity index (χ4v) is 2.88. The van der Waals surface area contributed by atoms with Crippen LogP contribution in [0.1, 0.15) is 29.9 Å². The van der Waals surface area contributed by atoms with Gasteiger partial charge in [0.05, 0.1) is 12.0 Å². The normalized spacial score (nSPS) is 12.4. The molecule has 108 valence electrons. The largest absolute Gasteiger partial charge is 0.469 e. The Morgan fingerprint density at radius 2 is 2.10 bits per heavy atom. The van der Waals surface area contributed by atoms with Crippen LogP contribution in [0.2, 0.25) is 0 Å². The average molecular weight is 337 g/mol. The summed E-state index contributed by atoms with van der Waals surface area (Å²) in [6.45, 7) is 4.98. The molecule has 20 heavy (non-hydrogen) atoms. The molecule has 0 saturated carbocycles. The first kappa shape index (κ1) is 15.1. The van der Waals surface area contributed by atoms with Crippen molar-refractivity contribution in [2.75, 3.05) is 19.0 Å². The van der Waals surface area contributed by atoms with Crippen LogP contribution in [0, 0.1) is 6.92 Å². The fraction of sp³-hybridized carbons (Fsp3) is 0.375. The Morgan fingerprint density at radius 1 is 1.35 bits per heavy atom. The highest BCUT2D eigenvalue weighted by Gasteiger charge is 2.11. The zero-order valence-electron chi connectivity index (χ0n) is 12.4. The summed E-state index contributed by atoms with van der Waals surface area (Å²) in [6, 6.07) is 8.87. The summed E-state index contributed by atoms with van der Waals surface area (Å²) in [5.41, 5.74) is 3.67. The molecule has 0 saturated heterocycles. The second-order valence-electron chi connectivity index (χ2n) is 5.08. The Bertz CT molecular complexity index is 580. The van der Waals surface area contributed by atoms with E-state index in [1.54, 1.807) is 6.26 Å². The van der Waals surface area contributed by atoms with Crippen molar-refractivity contribution < 1.29 is 4.42 Å². The maximum atomic E-state index is 5.35. The highest BCUT2D eigenvalue weighted by molar-refractivity contribution is 9.10. The third-order valence-corrected chi connectivity index (χ3v) is 4.32. The van der Waals surface area contributed by atoms with Crippen molar-refractivity contribution in [2.45, 2.75) is 26.4 Å². The summed E-state index contributed by atoms with van der Waals surface area (Å²) in [7, 11) is 4.06. The van der Waals surface area contributed by atoms with Gasteiger partial charge in [-0.25, -0.2) is 0 Å². The molecule has 1 atom stereocenters. The minimum atomic E-state index is 0.349. The molecular formula is C16H21BrN2O. The Balaban J connectivity index is 2.18. The SMILES string of the molecule is CNC(C)c1ccc(N(C)Cc2ccoc2C)c(Br)c1. The van der Waals surface area contributed by atoms with Crippen LogP contribution in [0.3, 0.4) is 0 Å². The van der Waals surface area contributed by atoms with Gasteiger partial charge >= 0.3 is 0 Å². The molecule has 1 aromatic heterocycles. The first-order valence-corrected chi connectivity index (χ1v) is 7.53. The van der Waals surface area contributed by atoms with Gasteiger partial charge < -0.3 is 14.6 Å². The summed E-state index contributed by atoms with van der Waals surface area (Å²) in [5.74, 6) is 0.980. The number of anilines is 1. The Labute approximate surface area is 129 Å². The standard InChI is InChI=1S/C16H21BrN2O/c1-11(18-3)13-5-6-16(15(17)9-13)19(4)10-14-7-8-20-12(14)2/h5-9,11,18H,10H2,1-4H3. The lowest BCUT2D eigenvalue weighted by molar-refractivity contribution is 0.529. The van der Waals surface area contributed by atoms with Crippen molar-refractivity contribution in [3.05, 3.63) is 51.9 Å². The summed E-state index contributed by atoms with van der Waals surface area (Å²) < 4.78 is 6.46. The fourth-order valence-electron chi connectivity index (χ4n) is 2.18. The van der Waals surface area contributed by atoms with Gasteiger partial charge in [-0.2, -0.15) is 0 Å². The molecule has 0 aliphatic heterocycles. The molecule has 0 bridgehead atoms. The number of aryl methyl sites for hydroxylation is 1. The van der Waals surface area contributed by atoms with Gasteiger partial charge in [-0.1, -0.05) is 6.07 Å². The number of nitrogens with zero attached hydrogens (tertiary/aromatic N) is 1. The first-order valence-electron chi connectivity index (χ1n) is 6.73. The number of hydrogen-bond acceptors (Lipinski definition) is 3. The number of nitrogens with one attached hydrogen (secondary N) is 1. The van der Waals surface area contributed by atoms with Gasteiger partial charge in [-0.05, 0) is 60.6 Å². The van der Waals surface area contributed by atoms with E-state index in [-0.39, 0.29) is 0 Å². The first-order chi connectivity index (χ1) is 9.52. The van der Waals surface area contributed by atoms with Gasteiger partial charge in [0.2, 0.25) is 0 Å². The van der Waals surface area contributed by atoms with Crippen LogP contribution in [0.5, 0.6) is 0 Å². The van der Waals surface area contributed by atoms with E-state index < -0.39 is 0 Å². The topological polar surface area (TPSA) is 28.4 Å². The predicted molar refractivity (Wildman–Crippen MR) is 87.2 cm³/mol. The number of hydrogen-bond donors (Lipinski definition) is 1. The lowest BCUT2D eigenvalue weighted by Gasteiger charge is -2.22. The lowest BCUT2D eigenvalue weighted by Crippen LogP contribution is -2.18. The van der Waals surface area contributed by atoms with Crippen molar-refractivity contribution in [2.24, 2.45) is 0 Å². The van der Waals surface area contributed by atoms with Crippen molar-refractivity contribution in [3.8, 4) is 0 Å². The number of benzene rings is 1. The number of halogens is 1. The molecule has 2 aromatic rings. The molecule has 0 fully saturated rings. The maximum Gasteiger partial charge on any atom is 0.105 e. The van der Waals surface area contributed by atoms with Crippen LogP contribution < -0.4 is 10.2 Å². The smallest absolute Gasteiger partial charge is 0.105 e. The Kier molecular flexibility index (Phi) is 4.89. The predicted octanol–water partition coefficient (Wildman–Crippen LogP) is 4.27. The summed E-state index contributed by atoms with van der Waals surface area (Å²) in [4.78, 5) is 2.22. The highest BCUT2D eigenvalue weighted by atomic mass is 79.9. The minimum absolute atomic E-state index is 0.349. The van der Waals surface area contributed by atoms with Crippen LogP contribution >= 0.6 is 15.9 Å². The molecule has 0 amide bonds. The van der Waals surface area contributed by atoms with Gasteiger partial charge in [0.25, 0.3) is 0 Å². The van der Waals surface area contributed by atoms with E-state index in [2.05, 4.69) is 58.3 Å². The van der Waals surface area contributed by atoms with E-state index in [0.717, 1.165) is 16.8 Å². The molecule has 1 N–H and O–H groups in total. The van der Waals surface area contributed by atoms with Crippen molar-refractivity contribution in [1.29, 1.82) is 0 Å². The van der Waals surface area contributed by atoms with Gasteiger partial charge in [0.15, 0.2) is 0 Å². The molecule has 1 heterocycles. The van der Waals surface area contributed by atoms with E-state index in [9.17, 15) is 0 Å². The zero-order valence-corrected chi connectivity index (χ0v) is 14.0. The molecule has 2 rings (SSSR count). The molecule has 0 radical (unpaired) electrons. The molecule has 0 spiro atoms. The number of furan rings is 1.